The lowest BCUT2D eigenvalue weighted by atomic mass is 10.2. The van der Waals surface area contributed by atoms with Gasteiger partial charge in [0, 0.05) is 28.9 Å². The summed E-state index contributed by atoms with van der Waals surface area (Å²) < 4.78 is 25.7. The Kier molecular flexibility index (Phi) is 3.96. The second-order valence-corrected chi connectivity index (χ2v) is 6.93. The van der Waals surface area contributed by atoms with Gasteiger partial charge < -0.3 is 10.3 Å². The van der Waals surface area contributed by atoms with Gasteiger partial charge in [-0.05, 0) is 43.4 Å². The number of hydrogen-bond donors (Lipinski definition) is 3. The van der Waals surface area contributed by atoms with Crippen molar-refractivity contribution in [1.29, 1.82) is 0 Å². The van der Waals surface area contributed by atoms with Crippen molar-refractivity contribution in [3.63, 3.8) is 0 Å². The molecule has 8 nitrogen and oxygen atoms in total. The highest BCUT2D eigenvalue weighted by Crippen LogP contribution is 2.31. The van der Waals surface area contributed by atoms with E-state index in [2.05, 4.69) is 15.0 Å². The Morgan fingerprint density at radius 3 is 2.62 bits per heavy atom. The maximum Gasteiger partial charge on any atom is 0.294 e. The first-order valence-corrected chi connectivity index (χ1v) is 8.45. The second-order valence-electron chi connectivity index (χ2n) is 5.05. The Morgan fingerprint density at radius 1 is 1.12 bits per heavy atom. The van der Waals surface area contributed by atoms with E-state index in [1.54, 1.807) is 12.3 Å². The summed E-state index contributed by atoms with van der Waals surface area (Å²) in [7, 11) is -2.50. The van der Waals surface area contributed by atoms with Gasteiger partial charge in [0.2, 0.25) is 10.0 Å². The fraction of sp³-hybridized carbons (Fsp3) is 0.0667. The van der Waals surface area contributed by atoms with E-state index in [0.29, 0.717) is 5.69 Å². The lowest BCUT2D eigenvalue weighted by Crippen LogP contribution is -2.18. The van der Waals surface area contributed by atoms with Crippen LogP contribution in [-0.2, 0) is 10.0 Å². The number of nitro benzene ring substituents is 1. The van der Waals surface area contributed by atoms with Gasteiger partial charge in [0.15, 0.2) is 0 Å². The van der Waals surface area contributed by atoms with Crippen LogP contribution >= 0.6 is 0 Å². The van der Waals surface area contributed by atoms with E-state index in [9.17, 15) is 18.5 Å². The summed E-state index contributed by atoms with van der Waals surface area (Å²) in [6, 6.07) is 11.1. The van der Waals surface area contributed by atoms with Gasteiger partial charge in [0.25, 0.3) is 5.69 Å². The van der Waals surface area contributed by atoms with Crippen molar-refractivity contribution in [2.24, 2.45) is 0 Å². The predicted octanol–water partition coefficient (Wildman–Crippen LogP) is 2.73. The van der Waals surface area contributed by atoms with Crippen LogP contribution in [0.25, 0.3) is 10.9 Å². The number of hydrogen-bond acceptors (Lipinski definition) is 5. The molecule has 0 fully saturated rings. The summed E-state index contributed by atoms with van der Waals surface area (Å²) in [5.74, 6) is 0. The monoisotopic (exact) mass is 346 g/mol. The zero-order valence-corrected chi connectivity index (χ0v) is 13.4. The number of H-pyrrole nitrogens is 1. The van der Waals surface area contributed by atoms with Crippen molar-refractivity contribution in [2.45, 2.75) is 4.90 Å². The number of rotatable bonds is 5. The Morgan fingerprint density at radius 2 is 1.92 bits per heavy atom. The Bertz CT molecular complexity index is 1030. The molecule has 0 bridgehead atoms. The number of aromatic nitrogens is 1. The molecule has 3 aromatic rings. The van der Waals surface area contributed by atoms with E-state index >= 15 is 0 Å². The van der Waals surface area contributed by atoms with Gasteiger partial charge in [-0.15, -0.1) is 0 Å². The third-order valence-corrected chi connectivity index (χ3v) is 4.99. The van der Waals surface area contributed by atoms with Gasteiger partial charge in [-0.3, -0.25) is 10.1 Å². The summed E-state index contributed by atoms with van der Waals surface area (Å²) in [4.78, 5) is 13.6. The lowest BCUT2D eigenvalue weighted by Gasteiger charge is -2.09. The fourth-order valence-electron chi connectivity index (χ4n) is 2.34. The van der Waals surface area contributed by atoms with E-state index < -0.39 is 14.9 Å². The molecule has 24 heavy (non-hydrogen) atoms. The third kappa shape index (κ3) is 2.94. The molecule has 0 saturated carbocycles. The minimum atomic E-state index is -3.75. The topological polar surface area (TPSA) is 117 Å². The summed E-state index contributed by atoms with van der Waals surface area (Å²) >= 11 is 0. The Labute approximate surface area is 137 Å². The number of fused-ring (bicyclic) bond motifs is 1. The van der Waals surface area contributed by atoms with Crippen LogP contribution in [0.5, 0.6) is 0 Å². The summed E-state index contributed by atoms with van der Waals surface area (Å²) in [5, 5.41) is 15.2. The molecular weight excluding hydrogens is 332 g/mol. The first-order valence-electron chi connectivity index (χ1n) is 6.97. The van der Waals surface area contributed by atoms with E-state index in [1.807, 2.05) is 18.2 Å². The highest BCUT2D eigenvalue weighted by molar-refractivity contribution is 7.89. The minimum absolute atomic E-state index is 0.164. The molecule has 0 saturated heterocycles. The molecule has 124 valence electrons. The van der Waals surface area contributed by atoms with Crippen molar-refractivity contribution in [3.8, 4) is 0 Å². The van der Waals surface area contributed by atoms with Crippen LogP contribution in [0, 0.1) is 10.1 Å². The number of sulfonamides is 1. The molecule has 2 aromatic carbocycles. The molecule has 9 heteroatoms. The molecule has 0 atom stereocenters. The zero-order valence-electron chi connectivity index (χ0n) is 12.6. The van der Waals surface area contributed by atoms with Gasteiger partial charge in [-0.25, -0.2) is 13.1 Å². The molecule has 0 aliphatic rings. The summed E-state index contributed by atoms with van der Waals surface area (Å²) in [5.41, 5.74) is 1.50. The predicted molar refractivity (Wildman–Crippen MR) is 90.9 cm³/mol. The minimum Gasteiger partial charge on any atom is -0.361 e. The van der Waals surface area contributed by atoms with Gasteiger partial charge >= 0.3 is 0 Å². The van der Waals surface area contributed by atoms with Crippen LogP contribution in [0.1, 0.15) is 0 Å². The molecule has 0 aliphatic carbocycles. The maximum atomic E-state index is 11.8. The first kappa shape index (κ1) is 16.0. The van der Waals surface area contributed by atoms with Crippen LogP contribution in [0.3, 0.4) is 0 Å². The first-order chi connectivity index (χ1) is 11.4. The number of nitro groups is 1. The smallest absolute Gasteiger partial charge is 0.294 e. The van der Waals surface area contributed by atoms with E-state index in [1.165, 1.54) is 19.2 Å². The van der Waals surface area contributed by atoms with Crippen molar-refractivity contribution in [3.05, 3.63) is 58.8 Å². The van der Waals surface area contributed by atoms with Crippen LogP contribution < -0.4 is 10.0 Å². The molecule has 3 N–H and O–H groups in total. The van der Waals surface area contributed by atoms with Crippen molar-refractivity contribution >= 4 is 38.0 Å². The Balaban J connectivity index is 2.02. The highest BCUT2D eigenvalue weighted by atomic mass is 32.2. The average Bonchev–Trinajstić information content (AvgIpc) is 3.02. The van der Waals surface area contributed by atoms with Crippen molar-refractivity contribution < 1.29 is 13.3 Å². The molecule has 3 rings (SSSR count). The highest BCUT2D eigenvalue weighted by Gasteiger charge is 2.20. The van der Waals surface area contributed by atoms with Crippen molar-refractivity contribution in [2.75, 3.05) is 12.4 Å². The van der Waals surface area contributed by atoms with Gasteiger partial charge in [0.05, 0.1) is 9.82 Å². The number of benzene rings is 2. The normalized spacial score (nSPS) is 11.5. The number of anilines is 2. The SMILES string of the molecule is CNS(=O)(=O)c1ccc(Nc2ccc3[nH]ccc3c2)c([N+](=O)[O-])c1. The summed E-state index contributed by atoms with van der Waals surface area (Å²) in [6.07, 6.45) is 1.80. The molecule has 0 unspecified atom stereocenters. The second kappa shape index (κ2) is 5.95. The molecule has 0 spiro atoms. The van der Waals surface area contributed by atoms with Gasteiger partial charge in [-0.1, -0.05) is 0 Å². The molecule has 1 aromatic heterocycles. The molecule has 0 radical (unpaired) electrons. The standard InChI is InChI=1S/C15H14N4O4S/c1-16-24(22,23)12-3-5-14(15(9-12)19(20)21)18-11-2-4-13-10(8-11)6-7-17-13/h2-9,16-18H,1H3. The average molecular weight is 346 g/mol. The quantitative estimate of drug-likeness (QED) is 0.485. The van der Waals surface area contributed by atoms with Crippen LogP contribution in [0.2, 0.25) is 0 Å². The van der Waals surface area contributed by atoms with E-state index in [4.69, 9.17) is 0 Å². The third-order valence-electron chi connectivity index (χ3n) is 3.58. The van der Waals surface area contributed by atoms with Gasteiger partial charge in [-0.2, -0.15) is 0 Å². The molecular formula is C15H14N4O4S. The zero-order chi connectivity index (χ0) is 17.3. The van der Waals surface area contributed by atoms with Crippen LogP contribution in [0.15, 0.2) is 53.6 Å². The summed E-state index contributed by atoms with van der Waals surface area (Å²) in [6.45, 7) is 0. The van der Waals surface area contributed by atoms with Gasteiger partial charge in [0.1, 0.15) is 5.69 Å². The maximum absolute atomic E-state index is 11.8. The molecule has 0 amide bonds. The number of aromatic amines is 1. The van der Waals surface area contributed by atoms with E-state index in [0.717, 1.165) is 17.0 Å². The fourth-order valence-corrected chi connectivity index (χ4v) is 3.09. The number of nitrogens with one attached hydrogen (secondary N) is 3. The van der Waals surface area contributed by atoms with Crippen LogP contribution in [0.4, 0.5) is 17.1 Å². The van der Waals surface area contributed by atoms with Crippen LogP contribution in [-0.4, -0.2) is 25.4 Å². The lowest BCUT2D eigenvalue weighted by molar-refractivity contribution is -0.384. The Hall–Kier alpha value is -2.91. The molecule has 1 heterocycles. The number of nitrogens with zero attached hydrogens (tertiary/aromatic N) is 1. The van der Waals surface area contributed by atoms with E-state index in [-0.39, 0.29) is 16.3 Å². The van der Waals surface area contributed by atoms with Crippen molar-refractivity contribution in [1.82, 2.24) is 9.71 Å². The largest absolute Gasteiger partial charge is 0.361 e. The molecule has 0 aliphatic heterocycles.